The maximum absolute atomic E-state index is 12.4. The van der Waals surface area contributed by atoms with Crippen LogP contribution in [-0.2, 0) is 22.5 Å². The lowest BCUT2D eigenvalue weighted by Crippen LogP contribution is -2.33. The van der Waals surface area contributed by atoms with Gasteiger partial charge in [-0.05, 0) is 55.4 Å². The van der Waals surface area contributed by atoms with E-state index in [1.807, 2.05) is 37.3 Å². The number of aliphatic carboxylic acids is 1. The molecule has 1 fully saturated rings. The van der Waals surface area contributed by atoms with E-state index in [0.29, 0.717) is 24.4 Å². The summed E-state index contributed by atoms with van der Waals surface area (Å²) in [6, 6.07) is 14.0. The Bertz CT molecular complexity index is 1220. The van der Waals surface area contributed by atoms with Gasteiger partial charge in [-0.25, -0.2) is 4.79 Å². The molecule has 1 aliphatic carbocycles. The molecule has 166 valence electrons. The van der Waals surface area contributed by atoms with Crippen molar-refractivity contribution in [3.05, 3.63) is 59.2 Å². The highest BCUT2D eigenvalue weighted by molar-refractivity contribution is 5.99. The Morgan fingerprint density at radius 3 is 2.56 bits per heavy atom. The number of hydrogen-bond donors (Lipinski definition) is 1. The number of hydrogen-bond acceptors (Lipinski definition) is 3. The summed E-state index contributed by atoms with van der Waals surface area (Å²) in [6.45, 7) is 2.19. The van der Waals surface area contributed by atoms with Crippen molar-refractivity contribution in [1.82, 2.24) is 4.57 Å². The summed E-state index contributed by atoms with van der Waals surface area (Å²) in [5, 5.41) is 11.3. The van der Waals surface area contributed by atoms with Gasteiger partial charge in [0.2, 0.25) is 0 Å². The van der Waals surface area contributed by atoms with Crippen LogP contribution in [0.2, 0.25) is 0 Å². The average molecular weight is 432 g/mol. The van der Waals surface area contributed by atoms with Gasteiger partial charge in [-0.1, -0.05) is 49.6 Å². The van der Waals surface area contributed by atoms with E-state index in [1.165, 1.54) is 31.9 Å². The van der Waals surface area contributed by atoms with Crippen LogP contribution in [0.3, 0.4) is 0 Å². The van der Waals surface area contributed by atoms with Gasteiger partial charge in [0.25, 0.3) is 0 Å². The lowest BCUT2D eigenvalue weighted by Gasteiger charge is -2.24. The quantitative estimate of drug-likeness (QED) is 0.533. The van der Waals surface area contributed by atoms with Crippen molar-refractivity contribution >= 4 is 22.8 Å². The molecule has 0 bridgehead atoms. The molecular weight excluding hydrogens is 402 g/mol. The normalized spacial score (nSPS) is 20.9. The third-order valence-corrected chi connectivity index (χ3v) is 7.41. The first-order chi connectivity index (χ1) is 15.4. The minimum atomic E-state index is -0.946. The molecule has 32 heavy (non-hydrogen) atoms. The smallest absolute Gasteiger partial charge is 0.337 e. The zero-order chi connectivity index (χ0) is 22.5. The second kappa shape index (κ2) is 7.80. The standard InChI is InChI=1S/C27H29NO4/c1-27(26(30)31)15-19-10-6-7-11-20(19)24-23(17-8-4-3-5-9-17)21-13-12-18(25(29)32-2)14-22(21)28(24)16-27/h6-7,10-14,17H,3-5,8-9,15-16H2,1-2H3,(H,30,31). The molecule has 5 heteroatoms. The first-order valence-corrected chi connectivity index (χ1v) is 11.5. The second-order valence-electron chi connectivity index (χ2n) is 9.61. The number of carboxylic acids is 1. The van der Waals surface area contributed by atoms with Gasteiger partial charge >= 0.3 is 11.9 Å². The van der Waals surface area contributed by atoms with Crippen LogP contribution in [0.5, 0.6) is 0 Å². The van der Waals surface area contributed by atoms with E-state index in [9.17, 15) is 14.7 Å². The summed E-state index contributed by atoms with van der Waals surface area (Å²) in [7, 11) is 1.39. The zero-order valence-electron chi connectivity index (χ0n) is 18.7. The molecule has 1 aliphatic heterocycles. The molecule has 0 spiro atoms. The number of carbonyl (C=O) groups is 2. The Balaban J connectivity index is 1.86. The number of carboxylic acid groups (broad SMARTS) is 1. The molecule has 1 unspecified atom stereocenters. The van der Waals surface area contributed by atoms with Crippen LogP contribution >= 0.6 is 0 Å². The minimum absolute atomic E-state index is 0.361. The van der Waals surface area contributed by atoms with Crippen molar-refractivity contribution in [3.63, 3.8) is 0 Å². The lowest BCUT2D eigenvalue weighted by molar-refractivity contribution is -0.148. The maximum atomic E-state index is 12.4. The third-order valence-electron chi connectivity index (χ3n) is 7.41. The molecule has 5 rings (SSSR count). The fourth-order valence-electron chi connectivity index (χ4n) is 5.75. The van der Waals surface area contributed by atoms with Gasteiger partial charge in [0, 0.05) is 23.0 Å². The molecule has 1 saturated carbocycles. The van der Waals surface area contributed by atoms with Gasteiger partial charge in [0.05, 0.1) is 23.8 Å². The lowest BCUT2D eigenvalue weighted by atomic mass is 9.80. The average Bonchev–Trinajstić information content (AvgIpc) is 3.04. The summed E-state index contributed by atoms with van der Waals surface area (Å²) < 4.78 is 7.14. The van der Waals surface area contributed by atoms with Gasteiger partial charge in [-0.2, -0.15) is 0 Å². The van der Waals surface area contributed by atoms with E-state index in [2.05, 4.69) is 16.7 Å². The van der Waals surface area contributed by atoms with Crippen molar-refractivity contribution < 1.29 is 19.4 Å². The van der Waals surface area contributed by atoms with Gasteiger partial charge in [-0.3, -0.25) is 4.79 Å². The number of nitrogens with zero attached hydrogens (tertiary/aromatic N) is 1. The third kappa shape index (κ3) is 3.22. The topological polar surface area (TPSA) is 68.5 Å². The Hall–Kier alpha value is -3.08. The molecule has 2 aliphatic rings. The van der Waals surface area contributed by atoms with E-state index < -0.39 is 11.4 Å². The van der Waals surface area contributed by atoms with Crippen molar-refractivity contribution in [1.29, 1.82) is 0 Å². The van der Waals surface area contributed by atoms with Crippen molar-refractivity contribution in [2.75, 3.05) is 7.11 Å². The summed E-state index contributed by atoms with van der Waals surface area (Å²) >= 11 is 0. The Morgan fingerprint density at radius 2 is 1.84 bits per heavy atom. The molecule has 1 N–H and O–H groups in total. The van der Waals surface area contributed by atoms with E-state index in [1.54, 1.807) is 0 Å². The first-order valence-electron chi connectivity index (χ1n) is 11.5. The molecule has 0 amide bonds. The van der Waals surface area contributed by atoms with Crippen LogP contribution in [0.25, 0.3) is 22.2 Å². The monoisotopic (exact) mass is 431 g/mol. The number of carbonyl (C=O) groups excluding carboxylic acids is 1. The number of rotatable bonds is 3. The molecule has 1 aromatic heterocycles. The fourth-order valence-corrected chi connectivity index (χ4v) is 5.75. The SMILES string of the molecule is COC(=O)c1ccc2c(C3CCCCC3)c3n(c2c1)CC(C)(C(=O)O)Cc1ccccc1-3. The van der Waals surface area contributed by atoms with Crippen LogP contribution in [-0.4, -0.2) is 28.7 Å². The van der Waals surface area contributed by atoms with Gasteiger partial charge in [-0.15, -0.1) is 0 Å². The zero-order valence-corrected chi connectivity index (χ0v) is 18.7. The number of fused-ring (bicyclic) bond motifs is 5. The molecule has 0 radical (unpaired) electrons. The minimum Gasteiger partial charge on any atom is -0.481 e. The van der Waals surface area contributed by atoms with Crippen LogP contribution in [0.4, 0.5) is 0 Å². The molecule has 3 aromatic rings. The number of esters is 1. The maximum Gasteiger partial charge on any atom is 0.337 e. The van der Waals surface area contributed by atoms with Gasteiger partial charge in [0.1, 0.15) is 0 Å². The first kappa shape index (κ1) is 20.8. The van der Waals surface area contributed by atoms with Crippen LogP contribution in [0.1, 0.15) is 66.4 Å². The molecule has 2 heterocycles. The fraction of sp³-hybridized carbons (Fsp3) is 0.407. The molecule has 1 atom stereocenters. The summed E-state index contributed by atoms with van der Waals surface area (Å²) in [6.07, 6.45) is 6.45. The second-order valence-corrected chi connectivity index (χ2v) is 9.61. The summed E-state index contributed by atoms with van der Waals surface area (Å²) in [4.78, 5) is 24.7. The van der Waals surface area contributed by atoms with Crippen molar-refractivity contribution in [2.24, 2.45) is 5.41 Å². The van der Waals surface area contributed by atoms with Crippen LogP contribution in [0.15, 0.2) is 42.5 Å². The highest BCUT2D eigenvalue weighted by Crippen LogP contribution is 2.48. The van der Waals surface area contributed by atoms with Gasteiger partial charge < -0.3 is 14.4 Å². The largest absolute Gasteiger partial charge is 0.481 e. The Morgan fingerprint density at radius 1 is 1.09 bits per heavy atom. The van der Waals surface area contributed by atoms with Crippen molar-refractivity contribution in [2.45, 2.75) is 57.9 Å². The molecule has 5 nitrogen and oxygen atoms in total. The predicted octanol–water partition coefficient (Wildman–Crippen LogP) is 5.79. The molecule has 0 saturated heterocycles. The van der Waals surface area contributed by atoms with Crippen molar-refractivity contribution in [3.8, 4) is 11.3 Å². The number of aromatic nitrogens is 1. The highest BCUT2D eigenvalue weighted by Gasteiger charge is 2.40. The number of benzene rings is 2. The number of ether oxygens (including phenoxy) is 1. The van der Waals surface area contributed by atoms with Crippen LogP contribution < -0.4 is 0 Å². The van der Waals surface area contributed by atoms with E-state index in [4.69, 9.17) is 4.74 Å². The predicted molar refractivity (Wildman–Crippen MR) is 124 cm³/mol. The molecule has 2 aromatic carbocycles. The Kier molecular flexibility index (Phi) is 5.07. The van der Waals surface area contributed by atoms with E-state index >= 15 is 0 Å². The highest BCUT2D eigenvalue weighted by atomic mass is 16.5. The van der Waals surface area contributed by atoms with Gasteiger partial charge in [0.15, 0.2) is 0 Å². The molecular formula is C27H29NO4. The number of methoxy groups -OCH3 is 1. The Labute approximate surface area is 188 Å². The van der Waals surface area contributed by atoms with Crippen LogP contribution in [0, 0.1) is 5.41 Å². The van der Waals surface area contributed by atoms with E-state index in [0.717, 1.165) is 40.6 Å². The summed E-state index contributed by atoms with van der Waals surface area (Å²) in [5.41, 5.74) is 5.11. The van der Waals surface area contributed by atoms with E-state index in [-0.39, 0.29) is 5.97 Å². The summed E-state index contributed by atoms with van der Waals surface area (Å²) in [5.74, 6) is -0.740.